The molecule has 3 aliphatic rings. The maximum absolute atomic E-state index is 13.7. The standard InChI is InChI=1S/C21H30BNO7S.C2H6/c1-28-20(25)18-16(13-17(31-18)22(26)27)23(19(24)14-5-3-2-4-6-14)15-7-9-21(10-8-15)29-11-12-30-21;1-2/h13-15,26-27H,2-12H2,1H3;1-2H3. The summed E-state index contributed by atoms with van der Waals surface area (Å²) in [5.74, 6) is -1.21. The van der Waals surface area contributed by atoms with E-state index in [9.17, 15) is 19.6 Å². The molecule has 33 heavy (non-hydrogen) atoms. The Morgan fingerprint density at radius 3 is 2.24 bits per heavy atom. The van der Waals surface area contributed by atoms with Crippen molar-refractivity contribution in [1.29, 1.82) is 0 Å². The molecule has 0 unspecified atom stereocenters. The molecule has 1 spiro atoms. The van der Waals surface area contributed by atoms with Crippen molar-refractivity contribution < 1.29 is 33.8 Å². The summed E-state index contributed by atoms with van der Waals surface area (Å²) in [6, 6.07) is 1.43. The van der Waals surface area contributed by atoms with Crippen LogP contribution in [0.3, 0.4) is 0 Å². The number of esters is 1. The molecule has 2 N–H and O–H groups in total. The third kappa shape index (κ3) is 5.79. The minimum atomic E-state index is -1.72. The lowest BCUT2D eigenvalue weighted by Crippen LogP contribution is -2.49. The molecule has 0 aromatic carbocycles. The highest BCUT2D eigenvalue weighted by molar-refractivity contribution is 7.24. The molecule has 0 radical (unpaired) electrons. The van der Waals surface area contributed by atoms with Gasteiger partial charge in [-0.1, -0.05) is 33.1 Å². The van der Waals surface area contributed by atoms with Gasteiger partial charge in [-0.3, -0.25) is 4.79 Å². The largest absolute Gasteiger partial charge is 0.499 e. The summed E-state index contributed by atoms with van der Waals surface area (Å²) in [5, 5.41) is 19.4. The molecule has 3 fully saturated rings. The highest BCUT2D eigenvalue weighted by atomic mass is 32.1. The van der Waals surface area contributed by atoms with Crippen molar-refractivity contribution in [3.05, 3.63) is 10.9 Å². The van der Waals surface area contributed by atoms with Gasteiger partial charge in [-0.2, -0.15) is 0 Å². The van der Waals surface area contributed by atoms with Crippen LogP contribution in [0, 0.1) is 5.92 Å². The van der Waals surface area contributed by atoms with E-state index in [0.717, 1.165) is 43.4 Å². The Hall–Kier alpha value is -1.46. The first-order valence-corrected chi connectivity index (χ1v) is 12.9. The van der Waals surface area contributed by atoms with Crippen LogP contribution in [-0.2, 0) is 19.0 Å². The summed E-state index contributed by atoms with van der Waals surface area (Å²) in [6.45, 7) is 5.17. The van der Waals surface area contributed by atoms with Crippen molar-refractivity contribution in [1.82, 2.24) is 0 Å². The molecule has 0 atom stereocenters. The van der Waals surface area contributed by atoms with Gasteiger partial charge in [0.1, 0.15) is 4.88 Å². The molecule has 1 aromatic heterocycles. The van der Waals surface area contributed by atoms with Crippen LogP contribution in [0.5, 0.6) is 0 Å². The minimum Gasteiger partial charge on any atom is -0.465 e. The number of ether oxygens (including phenoxy) is 3. The molecule has 2 heterocycles. The van der Waals surface area contributed by atoms with E-state index in [4.69, 9.17) is 14.2 Å². The SMILES string of the molecule is CC.COC(=O)c1sc(B(O)O)cc1N(C(=O)C1CCCCC1)C1CCC2(CC1)OCCO2. The maximum atomic E-state index is 13.7. The molecule has 0 bridgehead atoms. The topological polar surface area (TPSA) is 106 Å². The number of hydrogen-bond acceptors (Lipinski definition) is 8. The first-order chi connectivity index (χ1) is 15.9. The molecule has 8 nitrogen and oxygen atoms in total. The van der Waals surface area contributed by atoms with E-state index in [1.807, 2.05) is 13.8 Å². The van der Waals surface area contributed by atoms with E-state index in [2.05, 4.69) is 0 Å². The van der Waals surface area contributed by atoms with Crippen LogP contribution in [-0.4, -0.2) is 61.2 Å². The molecule has 1 saturated heterocycles. The Morgan fingerprint density at radius 1 is 1.09 bits per heavy atom. The zero-order chi connectivity index (χ0) is 24.0. The van der Waals surface area contributed by atoms with E-state index in [1.165, 1.54) is 7.11 Å². The fraction of sp³-hybridized carbons (Fsp3) is 0.739. The normalized spacial score (nSPS) is 20.8. The second kappa shape index (κ2) is 11.8. The van der Waals surface area contributed by atoms with Gasteiger partial charge in [-0.15, -0.1) is 11.3 Å². The van der Waals surface area contributed by atoms with Crippen LogP contribution in [0.25, 0.3) is 0 Å². The van der Waals surface area contributed by atoms with Gasteiger partial charge in [0.15, 0.2) is 5.79 Å². The zero-order valence-corrected chi connectivity index (χ0v) is 20.7. The first kappa shape index (κ1) is 26.2. The summed E-state index contributed by atoms with van der Waals surface area (Å²) in [4.78, 5) is 28.2. The van der Waals surface area contributed by atoms with Crippen molar-refractivity contribution in [3.63, 3.8) is 0 Å². The smallest absolute Gasteiger partial charge is 0.465 e. The Morgan fingerprint density at radius 2 is 1.70 bits per heavy atom. The summed E-state index contributed by atoms with van der Waals surface area (Å²) >= 11 is 0.958. The number of carbonyl (C=O) groups is 2. The van der Waals surface area contributed by atoms with Crippen LogP contribution in [0.2, 0.25) is 0 Å². The Labute approximate surface area is 200 Å². The number of carbonyl (C=O) groups excluding carboxylic acids is 2. The number of thiophene rings is 1. The van der Waals surface area contributed by atoms with E-state index in [-0.39, 0.29) is 27.5 Å². The Balaban J connectivity index is 0.00000149. The van der Waals surface area contributed by atoms with Crippen molar-refractivity contribution in [2.75, 3.05) is 25.2 Å². The number of methoxy groups -OCH3 is 1. The molecule has 2 saturated carbocycles. The van der Waals surface area contributed by atoms with Crippen molar-refractivity contribution in [2.45, 2.75) is 83.5 Å². The average Bonchev–Trinajstić information content (AvgIpc) is 3.50. The Bertz CT molecular complexity index is 793. The van der Waals surface area contributed by atoms with E-state index in [0.29, 0.717) is 44.6 Å². The highest BCUT2D eigenvalue weighted by Crippen LogP contribution is 2.41. The van der Waals surface area contributed by atoms with Gasteiger partial charge >= 0.3 is 13.1 Å². The fourth-order valence-corrected chi connectivity index (χ4v) is 6.01. The lowest BCUT2D eigenvalue weighted by Gasteiger charge is -2.41. The van der Waals surface area contributed by atoms with E-state index >= 15 is 0 Å². The quantitative estimate of drug-likeness (QED) is 0.492. The van der Waals surface area contributed by atoms with E-state index in [1.54, 1.807) is 11.0 Å². The number of nitrogens with zero attached hydrogens (tertiary/aromatic N) is 1. The first-order valence-electron chi connectivity index (χ1n) is 12.1. The third-order valence-corrected chi connectivity index (χ3v) is 7.85. The van der Waals surface area contributed by atoms with Gasteiger partial charge in [0.2, 0.25) is 5.91 Å². The third-order valence-electron chi connectivity index (χ3n) is 6.70. The number of rotatable bonds is 5. The van der Waals surface area contributed by atoms with Gasteiger partial charge in [0.05, 0.1) is 26.0 Å². The predicted molar refractivity (Wildman–Crippen MR) is 128 cm³/mol. The maximum Gasteiger partial charge on any atom is 0.499 e. The summed E-state index contributed by atoms with van der Waals surface area (Å²) in [7, 11) is -0.434. The minimum absolute atomic E-state index is 0.0100. The van der Waals surface area contributed by atoms with Gasteiger partial charge in [-0.05, 0) is 31.7 Å². The van der Waals surface area contributed by atoms with Crippen molar-refractivity contribution >= 4 is 40.8 Å². The monoisotopic (exact) mass is 481 g/mol. The van der Waals surface area contributed by atoms with Gasteiger partial charge in [0, 0.05) is 29.6 Å². The van der Waals surface area contributed by atoms with Crippen LogP contribution in [0.1, 0.15) is 81.3 Å². The molecule has 1 amide bonds. The van der Waals surface area contributed by atoms with Gasteiger partial charge in [-0.25, -0.2) is 4.79 Å². The van der Waals surface area contributed by atoms with Crippen LogP contribution in [0.4, 0.5) is 5.69 Å². The molecular weight excluding hydrogens is 445 g/mol. The average molecular weight is 481 g/mol. The molecule has 4 rings (SSSR count). The summed E-state index contributed by atoms with van der Waals surface area (Å²) in [6.07, 6.45) is 7.59. The van der Waals surface area contributed by atoms with Gasteiger partial charge < -0.3 is 29.2 Å². The molecule has 1 aliphatic heterocycles. The van der Waals surface area contributed by atoms with E-state index < -0.39 is 18.9 Å². The number of anilines is 1. The molecule has 184 valence electrons. The van der Waals surface area contributed by atoms with Crippen molar-refractivity contribution in [2.24, 2.45) is 5.92 Å². The Kier molecular flexibility index (Phi) is 9.35. The molecule has 1 aromatic rings. The second-order valence-electron chi connectivity index (χ2n) is 8.61. The van der Waals surface area contributed by atoms with Gasteiger partial charge in [0.25, 0.3) is 0 Å². The number of amides is 1. The summed E-state index contributed by atoms with van der Waals surface area (Å²) in [5.41, 5.74) is 0.421. The fourth-order valence-electron chi connectivity index (χ4n) is 5.07. The van der Waals surface area contributed by atoms with Crippen LogP contribution in [0.15, 0.2) is 6.07 Å². The highest BCUT2D eigenvalue weighted by Gasteiger charge is 2.44. The second-order valence-corrected chi connectivity index (χ2v) is 9.69. The van der Waals surface area contributed by atoms with Crippen molar-refractivity contribution in [3.8, 4) is 0 Å². The van der Waals surface area contributed by atoms with Crippen LogP contribution >= 0.6 is 11.3 Å². The predicted octanol–water partition coefficient (Wildman–Crippen LogP) is 2.84. The lowest BCUT2D eigenvalue weighted by molar-refractivity contribution is -0.179. The summed E-state index contributed by atoms with van der Waals surface area (Å²) < 4.78 is 16.8. The zero-order valence-electron chi connectivity index (χ0n) is 19.9. The number of hydrogen-bond donors (Lipinski definition) is 2. The lowest BCUT2D eigenvalue weighted by atomic mass is 9.84. The molecule has 10 heteroatoms. The molecular formula is C23H36BNO7S. The van der Waals surface area contributed by atoms with Crippen LogP contribution < -0.4 is 9.68 Å². The molecule has 2 aliphatic carbocycles.